The van der Waals surface area contributed by atoms with Gasteiger partial charge in [-0.1, -0.05) is 6.55 Å². The van der Waals surface area contributed by atoms with Gasteiger partial charge in [-0.3, -0.25) is 0 Å². The van der Waals surface area contributed by atoms with Crippen molar-refractivity contribution in [3.05, 3.63) is 12.3 Å². The molecule has 0 heterocycles. The molecule has 6 nitrogen and oxygen atoms in total. The van der Waals surface area contributed by atoms with Crippen LogP contribution in [0.4, 0.5) is 0 Å². The van der Waals surface area contributed by atoms with Crippen molar-refractivity contribution >= 4 is 25.7 Å². The van der Waals surface area contributed by atoms with Gasteiger partial charge in [0.25, 0.3) is 0 Å². The fourth-order valence-corrected chi connectivity index (χ4v) is 12.6. The summed E-state index contributed by atoms with van der Waals surface area (Å²) in [5.41, 5.74) is 2.11. The zero-order valence-electron chi connectivity index (χ0n) is 15.8. The summed E-state index contributed by atoms with van der Waals surface area (Å²) in [6.45, 7) is 8.91. The van der Waals surface area contributed by atoms with Gasteiger partial charge in [-0.05, 0) is 19.0 Å². The lowest BCUT2D eigenvalue weighted by atomic mass is 10.9. The number of rotatable bonds is 14. The molecular weight excluding hydrogens is 348 g/mol. The molecule has 0 N–H and O–H groups in total. The highest BCUT2D eigenvalue weighted by atomic mass is 28.4. The van der Waals surface area contributed by atoms with E-state index in [-0.39, 0.29) is 0 Å². The van der Waals surface area contributed by atoms with Crippen LogP contribution in [0.1, 0.15) is 6.92 Å². The van der Waals surface area contributed by atoms with Crippen molar-refractivity contribution in [2.45, 2.75) is 37.6 Å². The van der Waals surface area contributed by atoms with Crippen molar-refractivity contribution in [3.63, 3.8) is 0 Å². The topological polar surface area (TPSA) is 55.4 Å². The molecule has 0 aliphatic rings. The standard InChI is InChI=1S/C14H34O6Si3/c1-9-20-23(18-6,19-7)14-12-21(8,10-2)11-13-22(15-3,16-4)17-5/h10H,2,9,11-14H2,1,3-8H3. The van der Waals surface area contributed by atoms with Crippen molar-refractivity contribution < 1.29 is 26.6 Å². The van der Waals surface area contributed by atoms with Crippen LogP contribution < -0.4 is 0 Å². The first kappa shape index (κ1) is 23.2. The predicted octanol–water partition coefficient (Wildman–Crippen LogP) is 2.94. The summed E-state index contributed by atoms with van der Waals surface area (Å²) in [6, 6.07) is 3.56. The van der Waals surface area contributed by atoms with Gasteiger partial charge >= 0.3 is 17.6 Å². The third-order valence-corrected chi connectivity index (χ3v) is 14.8. The summed E-state index contributed by atoms with van der Waals surface area (Å²) in [4.78, 5) is 0. The van der Waals surface area contributed by atoms with Crippen LogP contribution in [-0.4, -0.2) is 67.8 Å². The molecule has 0 saturated heterocycles. The minimum Gasteiger partial charge on any atom is -0.377 e. The average molecular weight is 383 g/mol. The normalized spacial score (nSPS) is 15.4. The molecule has 0 rings (SSSR count). The fraction of sp³-hybridized carbons (Fsp3) is 0.857. The van der Waals surface area contributed by atoms with Crippen molar-refractivity contribution in [1.29, 1.82) is 0 Å². The minimum absolute atomic E-state index is 0.591. The molecule has 138 valence electrons. The van der Waals surface area contributed by atoms with Crippen LogP contribution >= 0.6 is 0 Å². The first-order chi connectivity index (χ1) is 10.8. The Morgan fingerprint density at radius 3 is 1.43 bits per heavy atom. The van der Waals surface area contributed by atoms with E-state index in [4.69, 9.17) is 26.6 Å². The van der Waals surface area contributed by atoms with Gasteiger partial charge in [0.2, 0.25) is 0 Å². The Kier molecular flexibility index (Phi) is 11.0. The molecule has 0 spiro atoms. The average Bonchev–Trinajstić information content (AvgIpc) is 2.60. The molecule has 0 fully saturated rings. The molecule has 0 radical (unpaired) electrons. The van der Waals surface area contributed by atoms with Crippen molar-refractivity contribution in [1.82, 2.24) is 0 Å². The van der Waals surface area contributed by atoms with E-state index in [1.165, 1.54) is 0 Å². The molecule has 0 aliphatic carbocycles. The van der Waals surface area contributed by atoms with Crippen LogP contribution in [0, 0.1) is 0 Å². The lowest BCUT2D eigenvalue weighted by Crippen LogP contribution is -2.47. The monoisotopic (exact) mass is 382 g/mol. The van der Waals surface area contributed by atoms with E-state index in [9.17, 15) is 0 Å². The molecule has 0 aromatic heterocycles. The molecular formula is C14H34O6Si3. The Hall–Kier alpha value is 0.151. The third-order valence-electron chi connectivity index (χ3n) is 4.42. The molecule has 1 atom stereocenters. The molecule has 0 bridgehead atoms. The highest BCUT2D eigenvalue weighted by molar-refractivity contribution is 6.85. The van der Waals surface area contributed by atoms with Crippen molar-refractivity contribution in [2.75, 3.05) is 42.2 Å². The Morgan fingerprint density at radius 1 is 0.739 bits per heavy atom. The van der Waals surface area contributed by atoms with Crippen LogP contribution in [0.15, 0.2) is 12.3 Å². The maximum absolute atomic E-state index is 5.79. The van der Waals surface area contributed by atoms with Crippen LogP contribution in [0.25, 0.3) is 0 Å². The van der Waals surface area contributed by atoms with Crippen LogP contribution in [0.5, 0.6) is 0 Å². The lowest BCUT2D eigenvalue weighted by molar-refractivity contribution is 0.105. The third kappa shape index (κ3) is 6.88. The van der Waals surface area contributed by atoms with Gasteiger partial charge in [0, 0.05) is 54.2 Å². The second-order valence-electron chi connectivity index (χ2n) is 5.68. The summed E-state index contributed by atoms with van der Waals surface area (Å²) < 4.78 is 33.5. The lowest BCUT2D eigenvalue weighted by Gasteiger charge is -2.32. The van der Waals surface area contributed by atoms with Crippen molar-refractivity contribution in [2.24, 2.45) is 0 Å². The van der Waals surface area contributed by atoms with E-state index >= 15 is 0 Å². The van der Waals surface area contributed by atoms with Gasteiger partial charge in [-0.15, -0.1) is 12.3 Å². The summed E-state index contributed by atoms with van der Waals surface area (Å²) in [5.74, 6) is 0. The van der Waals surface area contributed by atoms with E-state index in [0.717, 1.165) is 24.2 Å². The SMILES string of the molecule is C=C[Si](C)(CC[Si](OC)(OC)OC)CC[Si](OC)(OC)OCC. The Morgan fingerprint density at radius 2 is 1.13 bits per heavy atom. The molecule has 0 aromatic carbocycles. The second kappa shape index (κ2) is 10.9. The van der Waals surface area contributed by atoms with E-state index in [2.05, 4.69) is 18.8 Å². The van der Waals surface area contributed by atoms with Gasteiger partial charge in [0.05, 0.1) is 8.07 Å². The molecule has 9 heteroatoms. The van der Waals surface area contributed by atoms with Gasteiger partial charge in [-0.2, -0.15) is 0 Å². The molecule has 0 aromatic rings. The highest BCUT2D eigenvalue weighted by Crippen LogP contribution is 2.30. The smallest absolute Gasteiger partial charge is 0.377 e. The summed E-state index contributed by atoms with van der Waals surface area (Å²) in [5, 5.41) is 0. The Balaban J connectivity index is 4.87. The zero-order chi connectivity index (χ0) is 18.0. The fourth-order valence-electron chi connectivity index (χ4n) is 2.46. The van der Waals surface area contributed by atoms with Gasteiger partial charge in [0.15, 0.2) is 0 Å². The second-order valence-corrected chi connectivity index (χ2v) is 16.5. The number of hydrogen-bond acceptors (Lipinski definition) is 6. The minimum atomic E-state index is -2.56. The number of hydrogen-bond donors (Lipinski definition) is 0. The first-order valence-electron chi connectivity index (χ1n) is 7.87. The molecule has 0 amide bonds. The molecule has 0 aliphatic heterocycles. The largest absolute Gasteiger partial charge is 0.500 e. The maximum Gasteiger partial charge on any atom is 0.500 e. The van der Waals surface area contributed by atoms with E-state index in [1.54, 1.807) is 35.5 Å². The van der Waals surface area contributed by atoms with Crippen molar-refractivity contribution in [3.8, 4) is 0 Å². The van der Waals surface area contributed by atoms with Crippen LogP contribution in [-0.2, 0) is 26.6 Å². The Labute approximate surface area is 144 Å². The van der Waals surface area contributed by atoms with E-state index < -0.39 is 25.7 Å². The molecule has 23 heavy (non-hydrogen) atoms. The summed E-state index contributed by atoms with van der Waals surface area (Å²) >= 11 is 0. The van der Waals surface area contributed by atoms with Crippen LogP contribution in [0.2, 0.25) is 30.7 Å². The molecule has 1 unspecified atom stereocenters. The Bertz CT molecular complexity index is 328. The molecule has 0 saturated carbocycles. The van der Waals surface area contributed by atoms with Gasteiger partial charge in [0.1, 0.15) is 0 Å². The quantitative estimate of drug-likeness (QED) is 0.431. The van der Waals surface area contributed by atoms with Gasteiger partial charge in [-0.25, -0.2) is 0 Å². The van der Waals surface area contributed by atoms with Crippen LogP contribution in [0.3, 0.4) is 0 Å². The summed E-state index contributed by atoms with van der Waals surface area (Å²) in [7, 11) is 1.46. The van der Waals surface area contributed by atoms with E-state index in [1.807, 2.05) is 6.92 Å². The van der Waals surface area contributed by atoms with Gasteiger partial charge < -0.3 is 26.6 Å². The summed E-state index contributed by atoms with van der Waals surface area (Å²) in [6.07, 6.45) is 0. The zero-order valence-corrected chi connectivity index (χ0v) is 18.8. The van der Waals surface area contributed by atoms with E-state index in [0.29, 0.717) is 6.61 Å². The first-order valence-corrected chi connectivity index (χ1v) is 14.7. The predicted molar refractivity (Wildman–Crippen MR) is 99.2 cm³/mol. The highest BCUT2D eigenvalue weighted by Gasteiger charge is 2.43. The maximum atomic E-state index is 5.79.